The molecule has 0 aliphatic heterocycles. The van der Waals surface area contributed by atoms with Gasteiger partial charge in [0, 0.05) is 22.1 Å². The lowest BCUT2D eigenvalue weighted by atomic mass is 10.2. The van der Waals surface area contributed by atoms with E-state index in [1.54, 1.807) is 0 Å². The maximum Gasteiger partial charge on any atom is 0.234 e. The maximum atomic E-state index is 12.2. The summed E-state index contributed by atoms with van der Waals surface area (Å²) in [5, 5.41) is 13.1. The molecule has 0 radical (unpaired) electrons. The van der Waals surface area contributed by atoms with E-state index < -0.39 is 0 Å². The van der Waals surface area contributed by atoms with Crippen LogP contribution in [0.2, 0.25) is 0 Å². The van der Waals surface area contributed by atoms with Crippen molar-refractivity contribution in [2.24, 2.45) is 0 Å². The maximum absolute atomic E-state index is 12.2. The lowest BCUT2D eigenvalue weighted by Gasteiger charge is -2.07. The number of carbonyl (C=O) groups is 1. The summed E-state index contributed by atoms with van der Waals surface area (Å²) < 4.78 is 8.83. The molecule has 0 bridgehead atoms. The zero-order valence-electron chi connectivity index (χ0n) is 15.1. The van der Waals surface area contributed by atoms with E-state index in [0.717, 1.165) is 21.1 Å². The number of rotatable bonds is 6. The summed E-state index contributed by atoms with van der Waals surface area (Å²) in [6.45, 7) is 2.69. The summed E-state index contributed by atoms with van der Waals surface area (Å²) in [5.41, 5.74) is 1.57. The zero-order valence-corrected chi connectivity index (χ0v) is 17.5. The Balaban J connectivity index is 1.48. The highest BCUT2D eigenvalue weighted by Gasteiger charge is 2.17. The van der Waals surface area contributed by atoms with Crippen LogP contribution < -0.4 is 5.32 Å². The van der Waals surface area contributed by atoms with Crippen LogP contribution in [0.25, 0.3) is 22.6 Å². The number of nitrogens with zero attached hydrogens (tertiary/aromatic N) is 3. The molecule has 28 heavy (non-hydrogen) atoms. The van der Waals surface area contributed by atoms with Gasteiger partial charge in [0.15, 0.2) is 10.9 Å². The summed E-state index contributed by atoms with van der Waals surface area (Å²) in [7, 11) is 0. The molecular formula is C20H17BrN4O2S. The summed E-state index contributed by atoms with van der Waals surface area (Å²) >= 11 is 4.73. The fourth-order valence-electron chi connectivity index (χ4n) is 2.82. The molecule has 0 spiro atoms. The Labute approximate surface area is 174 Å². The number of halogens is 1. The van der Waals surface area contributed by atoms with Crippen molar-refractivity contribution in [2.45, 2.75) is 18.6 Å². The quantitative estimate of drug-likeness (QED) is 0.403. The van der Waals surface area contributed by atoms with E-state index in [-0.39, 0.29) is 11.7 Å². The Hall–Kier alpha value is -2.58. The van der Waals surface area contributed by atoms with E-state index in [4.69, 9.17) is 4.42 Å². The molecule has 2 heterocycles. The number of fused-ring (bicyclic) bond motifs is 1. The van der Waals surface area contributed by atoms with E-state index in [9.17, 15) is 4.79 Å². The smallest absolute Gasteiger partial charge is 0.234 e. The van der Waals surface area contributed by atoms with E-state index in [1.165, 1.54) is 11.8 Å². The molecule has 1 N–H and O–H groups in total. The van der Waals surface area contributed by atoms with Crippen molar-refractivity contribution < 1.29 is 9.21 Å². The minimum Gasteiger partial charge on any atom is -0.453 e. The lowest BCUT2D eigenvalue weighted by Crippen LogP contribution is -2.14. The van der Waals surface area contributed by atoms with Crippen LogP contribution >= 0.6 is 27.7 Å². The van der Waals surface area contributed by atoms with Crippen LogP contribution in [0.3, 0.4) is 0 Å². The first-order valence-electron chi connectivity index (χ1n) is 8.74. The van der Waals surface area contributed by atoms with Crippen LogP contribution in [0, 0.1) is 0 Å². The van der Waals surface area contributed by atoms with Crippen molar-refractivity contribution in [3.63, 3.8) is 0 Å². The van der Waals surface area contributed by atoms with Crippen LogP contribution in [0.15, 0.2) is 68.6 Å². The Morgan fingerprint density at radius 3 is 2.71 bits per heavy atom. The van der Waals surface area contributed by atoms with Gasteiger partial charge in [-0.25, -0.2) is 0 Å². The van der Waals surface area contributed by atoms with Gasteiger partial charge in [0.1, 0.15) is 5.58 Å². The van der Waals surface area contributed by atoms with Gasteiger partial charge in [-0.2, -0.15) is 0 Å². The normalized spacial score (nSPS) is 11.1. The van der Waals surface area contributed by atoms with Crippen molar-refractivity contribution in [1.82, 2.24) is 14.8 Å². The van der Waals surface area contributed by atoms with Crippen LogP contribution in [-0.4, -0.2) is 26.4 Å². The topological polar surface area (TPSA) is 73.0 Å². The van der Waals surface area contributed by atoms with Crippen molar-refractivity contribution in [1.29, 1.82) is 0 Å². The average molecular weight is 457 g/mol. The van der Waals surface area contributed by atoms with Gasteiger partial charge in [0.05, 0.1) is 5.75 Å². The second kappa shape index (κ2) is 8.20. The number of amides is 1. The molecule has 0 saturated heterocycles. The molecule has 142 valence electrons. The Kier molecular flexibility index (Phi) is 5.50. The molecule has 0 atom stereocenters. The Bertz CT molecular complexity index is 1090. The van der Waals surface area contributed by atoms with Crippen LogP contribution in [0.5, 0.6) is 0 Å². The van der Waals surface area contributed by atoms with Gasteiger partial charge in [-0.1, -0.05) is 45.9 Å². The van der Waals surface area contributed by atoms with Gasteiger partial charge in [0.2, 0.25) is 11.7 Å². The fourth-order valence-corrected chi connectivity index (χ4v) is 3.88. The van der Waals surface area contributed by atoms with E-state index in [2.05, 4.69) is 31.4 Å². The highest BCUT2D eigenvalue weighted by molar-refractivity contribution is 9.10. The number of nitrogens with one attached hydrogen (secondary N) is 1. The number of carbonyl (C=O) groups excluding carboxylic acids is 1. The number of hydrogen-bond donors (Lipinski definition) is 1. The molecule has 6 nitrogen and oxygen atoms in total. The third-order valence-corrected chi connectivity index (χ3v) is 5.63. The highest BCUT2D eigenvalue weighted by Crippen LogP contribution is 2.29. The van der Waals surface area contributed by atoms with E-state index in [1.807, 2.05) is 66.1 Å². The highest BCUT2D eigenvalue weighted by atomic mass is 79.9. The fraction of sp³-hybridized carbons (Fsp3) is 0.150. The first-order chi connectivity index (χ1) is 13.6. The van der Waals surface area contributed by atoms with Gasteiger partial charge in [0.25, 0.3) is 0 Å². The average Bonchev–Trinajstić information content (AvgIpc) is 3.31. The second-order valence-corrected chi connectivity index (χ2v) is 7.90. The van der Waals surface area contributed by atoms with Gasteiger partial charge in [-0.3, -0.25) is 9.36 Å². The zero-order chi connectivity index (χ0) is 19.5. The van der Waals surface area contributed by atoms with Crippen LogP contribution in [-0.2, 0) is 11.3 Å². The number of anilines is 1. The minimum absolute atomic E-state index is 0.0942. The number of para-hydroxylation sites is 1. The predicted molar refractivity (Wildman–Crippen MR) is 114 cm³/mol. The predicted octanol–water partition coefficient (Wildman–Crippen LogP) is 5.20. The molecule has 8 heteroatoms. The SMILES string of the molecule is CCn1c(SCC(=O)Nc2ccc(Br)cc2)nnc1-c1cc2ccccc2o1. The van der Waals surface area contributed by atoms with E-state index in [0.29, 0.717) is 23.3 Å². The number of hydrogen-bond acceptors (Lipinski definition) is 5. The molecule has 0 saturated carbocycles. The molecule has 0 fully saturated rings. The van der Waals surface area contributed by atoms with Gasteiger partial charge < -0.3 is 9.73 Å². The summed E-state index contributed by atoms with van der Waals surface area (Å²) in [6.07, 6.45) is 0. The van der Waals surface area contributed by atoms with Crippen molar-refractivity contribution in [3.8, 4) is 11.6 Å². The first-order valence-corrected chi connectivity index (χ1v) is 10.5. The third-order valence-electron chi connectivity index (χ3n) is 4.14. The molecule has 0 unspecified atom stereocenters. The molecular weight excluding hydrogens is 440 g/mol. The molecule has 1 amide bonds. The minimum atomic E-state index is -0.0942. The number of aromatic nitrogens is 3. The van der Waals surface area contributed by atoms with Crippen LogP contribution in [0.1, 0.15) is 6.92 Å². The Morgan fingerprint density at radius 2 is 1.96 bits per heavy atom. The standard InChI is InChI=1S/C20H17BrN4O2S/c1-2-25-19(17-11-13-5-3-4-6-16(13)27-17)23-24-20(25)28-12-18(26)22-15-9-7-14(21)8-10-15/h3-11H,2,12H2,1H3,(H,22,26). The number of benzene rings is 2. The molecule has 4 rings (SSSR count). The van der Waals surface area contributed by atoms with E-state index >= 15 is 0 Å². The summed E-state index contributed by atoms with van der Waals surface area (Å²) in [5.74, 6) is 1.48. The molecule has 4 aromatic rings. The Morgan fingerprint density at radius 1 is 1.18 bits per heavy atom. The van der Waals surface area contributed by atoms with Crippen molar-refractivity contribution >= 4 is 50.3 Å². The number of furan rings is 1. The molecule has 0 aliphatic rings. The largest absolute Gasteiger partial charge is 0.453 e. The third kappa shape index (κ3) is 3.98. The molecule has 2 aromatic heterocycles. The second-order valence-electron chi connectivity index (χ2n) is 6.04. The summed E-state index contributed by atoms with van der Waals surface area (Å²) in [6, 6.07) is 17.3. The molecule has 2 aromatic carbocycles. The lowest BCUT2D eigenvalue weighted by molar-refractivity contribution is -0.113. The number of thioether (sulfide) groups is 1. The van der Waals surface area contributed by atoms with Crippen molar-refractivity contribution in [2.75, 3.05) is 11.1 Å². The monoisotopic (exact) mass is 456 g/mol. The van der Waals surface area contributed by atoms with Gasteiger partial charge in [-0.15, -0.1) is 10.2 Å². The molecule has 0 aliphatic carbocycles. The van der Waals surface area contributed by atoms with Crippen LogP contribution in [0.4, 0.5) is 5.69 Å². The first kappa shape index (κ1) is 18.8. The van der Waals surface area contributed by atoms with Gasteiger partial charge in [-0.05, 0) is 43.3 Å². The van der Waals surface area contributed by atoms with Gasteiger partial charge >= 0.3 is 0 Å². The summed E-state index contributed by atoms with van der Waals surface area (Å²) in [4.78, 5) is 12.2. The van der Waals surface area contributed by atoms with Crippen molar-refractivity contribution in [3.05, 3.63) is 59.1 Å².